The molecular weight excluding hydrogens is 260 g/mol. The number of thiophene rings is 1. The Morgan fingerprint density at radius 2 is 2.29 bits per heavy atom. The third kappa shape index (κ3) is 2.00. The summed E-state index contributed by atoms with van der Waals surface area (Å²) in [6.07, 6.45) is 0.480. The molecular formula is C11H11BrOS. The summed E-state index contributed by atoms with van der Waals surface area (Å²) >= 11 is 5.27. The number of hydrogen-bond donors (Lipinski definition) is 1. The average Bonchev–Trinajstić information content (AvgIpc) is 2.47. The van der Waals surface area contributed by atoms with Crippen molar-refractivity contribution in [3.63, 3.8) is 0 Å². The quantitative estimate of drug-likeness (QED) is 0.885. The normalized spacial score (nSPS) is 13.4. The summed E-state index contributed by atoms with van der Waals surface area (Å²) in [5.74, 6) is 0. The van der Waals surface area contributed by atoms with E-state index in [4.69, 9.17) is 0 Å². The molecule has 2 aromatic rings. The van der Waals surface area contributed by atoms with E-state index in [-0.39, 0.29) is 6.10 Å². The maximum atomic E-state index is 9.30. The SMILES string of the molecule is CC(O)Cc1cc2cccc(Br)c2s1. The smallest absolute Gasteiger partial charge is 0.0560 e. The molecule has 14 heavy (non-hydrogen) atoms. The molecule has 0 bridgehead atoms. The minimum atomic E-state index is -0.262. The molecule has 0 aliphatic carbocycles. The average molecular weight is 271 g/mol. The summed E-state index contributed by atoms with van der Waals surface area (Å²) < 4.78 is 2.40. The van der Waals surface area contributed by atoms with Crippen LogP contribution in [0.5, 0.6) is 0 Å². The number of rotatable bonds is 2. The van der Waals surface area contributed by atoms with Gasteiger partial charge in [-0.1, -0.05) is 12.1 Å². The van der Waals surface area contributed by atoms with E-state index in [1.54, 1.807) is 11.3 Å². The van der Waals surface area contributed by atoms with Crippen LogP contribution in [0.15, 0.2) is 28.7 Å². The molecule has 0 saturated heterocycles. The molecule has 0 aliphatic heterocycles. The Labute approximate surface area is 95.5 Å². The highest BCUT2D eigenvalue weighted by atomic mass is 79.9. The monoisotopic (exact) mass is 270 g/mol. The first-order chi connectivity index (χ1) is 6.66. The second-order valence-electron chi connectivity index (χ2n) is 3.42. The molecule has 74 valence electrons. The van der Waals surface area contributed by atoms with Gasteiger partial charge >= 0.3 is 0 Å². The van der Waals surface area contributed by atoms with Gasteiger partial charge in [-0.15, -0.1) is 11.3 Å². The predicted molar refractivity (Wildman–Crippen MR) is 64.9 cm³/mol. The van der Waals surface area contributed by atoms with Gasteiger partial charge in [0.05, 0.1) is 6.10 Å². The Kier molecular flexibility index (Phi) is 2.91. The Bertz CT molecular complexity index is 447. The maximum absolute atomic E-state index is 9.30. The van der Waals surface area contributed by atoms with Gasteiger partial charge in [0.15, 0.2) is 0 Å². The second-order valence-corrected chi connectivity index (χ2v) is 5.42. The highest BCUT2D eigenvalue weighted by Crippen LogP contribution is 2.32. The van der Waals surface area contributed by atoms with Crippen molar-refractivity contribution < 1.29 is 5.11 Å². The largest absolute Gasteiger partial charge is 0.393 e. The topological polar surface area (TPSA) is 20.2 Å². The molecule has 1 aromatic carbocycles. The van der Waals surface area contributed by atoms with Gasteiger partial charge in [-0.25, -0.2) is 0 Å². The van der Waals surface area contributed by atoms with Crippen LogP contribution in [-0.4, -0.2) is 11.2 Å². The fourth-order valence-corrected chi connectivity index (χ4v) is 3.28. The zero-order chi connectivity index (χ0) is 10.1. The van der Waals surface area contributed by atoms with Gasteiger partial charge in [0.2, 0.25) is 0 Å². The van der Waals surface area contributed by atoms with Gasteiger partial charge < -0.3 is 5.11 Å². The van der Waals surface area contributed by atoms with E-state index < -0.39 is 0 Å². The Morgan fingerprint density at radius 3 is 2.93 bits per heavy atom. The minimum absolute atomic E-state index is 0.262. The lowest BCUT2D eigenvalue weighted by atomic mass is 10.2. The van der Waals surface area contributed by atoms with Crippen LogP contribution >= 0.6 is 27.3 Å². The van der Waals surface area contributed by atoms with Gasteiger partial charge in [0.1, 0.15) is 0 Å². The van der Waals surface area contributed by atoms with Crippen molar-refractivity contribution in [2.24, 2.45) is 0 Å². The first kappa shape index (κ1) is 10.1. The molecule has 0 radical (unpaired) electrons. The van der Waals surface area contributed by atoms with E-state index in [2.05, 4.69) is 28.1 Å². The maximum Gasteiger partial charge on any atom is 0.0560 e. The number of fused-ring (bicyclic) bond motifs is 1. The summed E-state index contributed by atoms with van der Waals surface area (Å²) in [6.45, 7) is 1.82. The number of halogens is 1. The molecule has 1 nitrogen and oxygen atoms in total. The predicted octanol–water partition coefficient (Wildman–Crippen LogP) is 3.59. The van der Waals surface area contributed by atoms with E-state index in [1.165, 1.54) is 15.0 Å². The van der Waals surface area contributed by atoms with E-state index in [9.17, 15) is 5.11 Å². The van der Waals surface area contributed by atoms with Crippen molar-refractivity contribution in [1.82, 2.24) is 0 Å². The molecule has 0 aliphatic rings. The van der Waals surface area contributed by atoms with Crippen LogP contribution in [0.1, 0.15) is 11.8 Å². The Balaban J connectivity index is 2.46. The van der Waals surface area contributed by atoms with Crippen LogP contribution in [0, 0.1) is 0 Å². The van der Waals surface area contributed by atoms with Gasteiger partial charge in [-0.05, 0) is 40.4 Å². The van der Waals surface area contributed by atoms with E-state index in [0.717, 1.165) is 10.9 Å². The van der Waals surface area contributed by atoms with Crippen molar-refractivity contribution in [3.8, 4) is 0 Å². The lowest BCUT2D eigenvalue weighted by Crippen LogP contribution is -2.01. The van der Waals surface area contributed by atoms with Crippen molar-refractivity contribution >= 4 is 37.4 Å². The third-order valence-electron chi connectivity index (χ3n) is 2.04. The lowest BCUT2D eigenvalue weighted by Gasteiger charge is -1.98. The van der Waals surface area contributed by atoms with Gasteiger partial charge in [-0.3, -0.25) is 0 Å². The minimum Gasteiger partial charge on any atom is -0.393 e. The lowest BCUT2D eigenvalue weighted by molar-refractivity contribution is 0.196. The number of aliphatic hydroxyl groups excluding tert-OH is 1. The zero-order valence-corrected chi connectivity index (χ0v) is 10.2. The van der Waals surface area contributed by atoms with Crippen LogP contribution in [0.2, 0.25) is 0 Å². The van der Waals surface area contributed by atoms with E-state index in [0.29, 0.717) is 0 Å². The van der Waals surface area contributed by atoms with E-state index >= 15 is 0 Å². The molecule has 0 fully saturated rings. The summed E-state index contributed by atoms with van der Waals surface area (Å²) in [7, 11) is 0. The highest BCUT2D eigenvalue weighted by Gasteiger charge is 2.06. The molecule has 0 spiro atoms. The molecule has 0 saturated carbocycles. The molecule has 1 aromatic heterocycles. The standard InChI is InChI=1S/C11H11BrOS/c1-7(13)5-9-6-8-3-2-4-10(12)11(8)14-9/h2-4,6-7,13H,5H2,1H3. The van der Waals surface area contributed by atoms with Crippen LogP contribution in [0.4, 0.5) is 0 Å². The summed E-state index contributed by atoms with van der Waals surface area (Å²) in [5, 5.41) is 10.5. The molecule has 1 N–H and O–H groups in total. The number of aliphatic hydroxyl groups is 1. The van der Waals surface area contributed by atoms with Crippen molar-refractivity contribution in [1.29, 1.82) is 0 Å². The fraction of sp³-hybridized carbons (Fsp3) is 0.273. The third-order valence-corrected chi connectivity index (χ3v) is 4.17. The summed E-state index contributed by atoms with van der Waals surface area (Å²) in [6, 6.07) is 8.33. The number of hydrogen-bond acceptors (Lipinski definition) is 2. The molecule has 1 heterocycles. The Hall–Kier alpha value is -0.380. The highest BCUT2D eigenvalue weighted by molar-refractivity contribution is 9.10. The van der Waals surface area contributed by atoms with Crippen molar-refractivity contribution in [2.45, 2.75) is 19.4 Å². The molecule has 0 amide bonds. The van der Waals surface area contributed by atoms with Crippen LogP contribution in [0.3, 0.4) is 0 Å². The van der Waals surface area contributed by atoms with Gasteiger partial charge in [-0.2, -0.15) is 0 Å². The first-order valence-electron chi connectivity index (χ1n) is 4.52. The molecule has 1 atom stereocenters. The van der Waals surface area contributed by atoms with Crippen LogP contribution in [0.25, 0.3) is 10.1 Å². The summed E-state index contributed by atoms with van der Waals surface area (Å²) in [5.41, 5.74) is 0. The van der Waals surface area contributed by atoms with Crippen molar-refractivity contribution in [2.75, 3.05) is 0 Å². The second kappa shape index (κ2) is 4.01. The zero-order valence-electron chi connectivity index (χ0n) is 7.83. The van der Waals surface area contributed by atoms with Gasteiger partial charge in [0, 0.05) is 20.5 Å². The first-order valence-corrected chi connectivity index (χ1v) is 6.13. The summed E-state index contributed by atoms with van der Waals surface area (Å²) in [4.78, 5) is 1.24. The van der Waals surface area contributed by atoms with Crippen LogP contribution < -0.4 is 0 Å². The molecule has 3 heteroatoms. The number of benzene rings is 1. The van der Waals surface area contributed by atoms with E-state index in [1.807, 2.05) is 19.1 Å². The van der Waals surface area contributed by atoms with Crippen LogP contribution in [-0.2, 0) is 6.42 Å². The van der Waals surface area contributed by atoms with Gasteiger partial charge in [0.25, 0.3) is 0 Å². The Morgan fingerprint density at radius 1 is 1.50 bits per heavy atom. The van der Waals surface area contributed by atoms with Crippen molar-refractivity contribution in [3.05, 3.63) is 33.6 Å². The fourth-order valence-electron chi connectivity index (χ4n) is 1.47. The molecule has 2 rings (SSSR count). The molecule has 1 unspecified atom stereocenters.